The molecule has 0 aromatic heterocycles. The molecule has 2 aromatic rings. The van der Waals surface area contributed by atoms with Crippen LogP contribution in [0, 0.1) is 5.41 Å². The van der Waals surface area contributed by atoms with Crippen LogP contribution in [0.15, 0.2) is 48.5 Å². The molecule has 2 aromatic carbocycles. The van der Waals surface area contributed by atoms with Gasteiger partial charge in [-0.3, -0.25) is 24.6 Å². The number of nitrogens with one attached hydrogen (secondary N) is 3. The fourth-order valence-electron chi connectivity index (χ4n) is 3.44. The van der Waals surface area contributed by atoms with Crippen molar-refractivity contribution >= 4 is 35.4 Å². The molecule has 3 atom stereocenters. The zero-order valence-electron chi connectivity index (χ0n) is 20.5. The van der Waals surface area contributed by atoms with Gasteiger partial charge in [-0.05, 0) is 36.8 Å². The van der Waals surface area contributed by atoms with Gasteiger partial charge in [0.05, 0.1) is 18.4 Å². The number of hydrogen-bond acceptors (Lipinski definition) is 8. The smallest absolute Gasteiger partial charge is 0.341 e. The molecule has 0 saturated carbocycles. The maximum absolute atomic E-state index is 13.2. The van der Waals surface area contributed by atoms with Gasteiger partial charge in [0.15, 0.2) is 12.4 Å². The Kier molecular flexibility index (Phi) is 10.5. The number of carboxylic acid groups (broad SMARTS) is 2. The third-order valence-corrected chi connectivity index (χ3v) is 5.46. The van der Waals surface area contributed by atoms with E-state index in [1.165, 1.54) is 55.5 Å². The highest BCUT2D eigenvalue weighted by molar-refractivity contribution is 6.01. The molecule has 0 bridgehead atoms. The number of Topliss-reactive ketones (excluding diaryl/α,β-unsaturated/α-hetero) is 1. The average molecular weight is 528 g/mol. The predicted octanol–water partition coefficient (Wildman–Crippen LogP) is -0.177. The Morgan fingerprint density at radius 3 is 2.00 bits per heavy atom. The van der Waals surface area contributed by atoms with Crippen LogP contribution >= 0.6 is 0 Å². The zero-order chi connectivity index (χ0) is 28.4. The number of carboxylic acids is 2. The molecule has 202 valence electrons. The summed E-state index contributed by atoms with van der Waals surface area (Å²) in [6.45, 7) is 0.627. The van der Waals surface area contributed by atoms with Crippen LogP contribution in [0.1, 0.15) is 40.7 Å². The number of ether oxygens (including phenoxy) is 1. The first-order valence-electron chi connectivity index (χ1n) is 11.4. The molecule has 0 saturated heterocycles. The highest BCUT2D eigenvalue weighted by atomic mass is 16.5. The molecule has 13 nitrogen and oxygen atoms in total. The first kappa shape index (κ1) is 29.5. The van der Waals surface area contributed by atoms with E-state index in [-0.39, 0.29) is 23.7 Å². The first-order chi connectivity index (χ1) is 17.9. The van der Waals surface area contributed by atoms with Gasteiger partial charge < -0.3 is 37.1 Å². The van der Waals surface area contributed by atoms with E-state index in [0.717, 1.165) is 0 Å². The van der Waals surface area contributed by atoms with Crippen molar-refractivity contribution in [3.63, 3.8) is 0 Å². The topological polar surface area (TPSA) is 235 Å². The molecule has 38 heavy (non-hydrogen) atoms. The molecule has 0 fully saturated rings. The summed E-state index contributed by atoms with van der Waals surface area (Å²) in [5.41, 5.74) is 12.2. The summed E-state index contributed by atoms with van der Waals surface area (Å²) >= 11 is 0. The molecule has 0 aliphatic carbocycles. The third kappa shape index (κ3) is 8.41. The summed E-state index contributed by atoms with van der Waals surface area (Å²) in [5, 5.41) is 30.3. The fourth-order valence-corrected chi connectivity index (χ4v) is 3.44. The van der Waals surface area contributed by atoms with Crippen molar-refractivity contribution in [1.29, 1.82) is 5.41 Å². The predicted molar refractivity (Wildman–Crippen MR) is 135 cm³/mol. The molecular formula is C25H29N5O8. The molecule has 2 rings (SSSR count). The summed E-state index contributed by atoms with van der Waals surface area (Å²) in [7, 11) is 0. The molecule has 2 amide bonds. The Labute approximate surface area is 217 Å². The lowest BCUT2D eigenvalue weighted by Crippen LogP contribution is -2.52. The number of carbonyl (C=O) groups is 5. The second-order valence-electron chi connectivity index (χ2n) is 8.29. The molecular weight excluding hydrogens is 498 g/mol. The largest absolute Gasteiger partial charge is 0.482 e. The molecule has 1 unspecified atom stereocenters. The van der Waals surface area contributed by atoms with Crippen molar-refractivity contribution in [2.24, 2.45) is 11.5 Å². The molecule has 0 radical (unpaired) electrons. The van der Waals surface area contributed by atoms with Crippen LogP contribution in [0.25, 0.3) is 0 Å². The highest BCUT2D eigenvalue weighted by Crippen LogP contribution is 2.22. The van der Waals surface area contributed by atoms with E-state index < -0.39 is 60.6 Å². The van der Waals surface area contributed by atoms with E-state index in [9.17, 15) is 29.1 Å². The third-order valence-electron chi connectivity index (χ3n) is 5.46. The SMILES string of the molecule is C[C@H](NC(=O)c1ccc(C(=N)N)cc1)C(=O)N[C@@H](CC(=O)O)C(=O)C(CN)c1ccc(OCC(=O)O)cc1. The Morgan fingerprint density at radius 2 is 1.50 bits per heavy atom. The molecule has 0 spiro atoms. The van der Waals surface area contributed by atoms with Gasteiger partial charge in [0, 0.05) is 17.7 Å². The zero-order valence-corrected chi connectivity index (χ0v) is 20.5. The van der Waals surface area contributed by atoms with E-state index in [2.05, 4.69) is 10.6 Å². The molecule has 0 aliphatic rings. The Morgan fingerprint density at radius 1 is 0.921 bits per heavy atom. The van der Waals surface area contributed by atoms with Crippen molar-refractivity contribution in [2.75, 3.05) is 13.2 Å². The van der Waals surface area contributed by atoms with Crippen LogP contribution in [0.4, 0.5) is 0 Å². The van der Waals surface area contributed by atoms with Crippen LogP contribution in [0.5, 0.6) is 5.75 Å². The monoisotopic (exact) mass is 527 g/mol. The van der Waals surface area contributed by atoms with Gasteiger partial charge in [0.2, 0.25) is 5.91 Å². The van der Waals surface area contributed by atoms with Crippen molar-refractivity contribution in [1.82, 2.24) is 10.6 Å². The quantitative estimate of drug-likeness (QED) is 0.126. The minimum absolute atomic E-state index is 0.169. The van der Waals surface area contributed by atoms with Gasteiger partial charge in [-0.2, -0.15) is 0 Å². The first-order valence-corrected chi connectivity index (χ1v) is 11.4. The number of hydrogen-bond donors (Lipinski definition) is 7. The Hall–Kier alpha value is -4.78. The van der Waals surface area contributed by atoms with E-state index in [0.29, 0.717) is 11.1 Å². The normalized spacial score (nSPS) is 12.9. The second-order valence-corrected chi connectivity index (χ2v) is 8.29. The summed E-state index contributed by atoms with van der Waals surface area (Å²) in [6, 6.07) is 9.11. The van der Waals surface area contributed by atoms with E-state index in [4.69, 9.17) is 26.7 Å². The molecule has 0 aliphatic heterocycles. The number of amides is 2. The summed E-state index contributed by atoms with van der Waals surface area (Å²) in [4.78, 5) is 60.5. The number of carbonyl (C=O) groups excluding carboxylic acids is 3. The van der Waals surface area contributed by atoms with Crippen LogP contribution < -0.4 is 26.8 Å². The van der Waals surface area contributed by atoms with E-state index in [1.54, 1.807) is 0 Å². The van der Waals surface area contributed by atoms with Gasteiger partial charge in [-0.1, -0.05) is 24.3 Å². The standard InChI is InChI=1S/C25H29N5O8/c1-13(29-25(37)16-4-2-15(3-5-16)23(27)28)24(36)30-19(10-20(31)32)22(35)18(11-26)14-6-8-17(9-7-14)38-12-21(33)34/h2-9,13,18-19H,10-12,26H2,1H3,(H3,27,28)(H,29,37)(H,30,36)(H,31,32)(H,33,34)/t13-,18?,19-/m0/s1. The summed E-state index contributed by atoms with van der Waals surface area (Å²) in [5.74, 6) is -5.43. The lowest BCUT2D eigenvalue weighted by Gasteiger charge is -2.24. The molecule has 9 N–H and O–H groups in total. The van der Waals surface area contributed by atoms with E-state index in [1.807, 2.05) is 0 Å². The number of ketones is 1. The van der Waals surface area contributed by atoms with Crippen molar-refractivity contribution < 1.29 is 38.9 Å². The minimum Gasteiger partial charge on any atom is -0.482 e. The summed E-state index contributed by atoms with van der Waals surface area (Å²) in [6.07, 6.45) is -0.714. The van der Waals surface area contributed by atoms with Crippen LogP contribution in [-0.4, -0.2) is 70.8 Å². The Bertz CT molecular complexity index is 1200. The van der Waals surface area contributed by atoms with Crippen molar-refractivity contribution in [3.8, 4) is 5.75 Å². The number of rotatable bonds is 14. The maximum Gasteiger partial charge on any atom is 0.341 e. The summed E-state index contributed by atoms with van der Waals surface area (Å²) < 4.78 is 5.06. The number of benzene rings is 2. The van der Waals surface area contributed by atoms with Crippen LogP contribution in [0.2, 0.25) is 0 Å². The van der Waals surface area contributed by atoms with Gasteiger partial charge >= 0.3 is 11.9 Å². The number of nitrogen functional groups attached to an aromatic ring is 1. The van der Waals surface area contributed by atoms with Gasteiger partial charge in [0.1, 0.15) is 17.6 Å². The molecule has 13 heteroatoms. The minimum atomic E-state index is -1.44. The van der Waals surface area contributed by atoms with Crippen LogP contribution in [0.3, 0.4) is 0 Å². The van der Waals surface area contributed by atoms with Gasteiger partial charge in [0.25, 0.3) is 5.91 Å². The molecule has 0 heterocycles. The van der Waals surface area contributed by atoms with Crippen LogP contribution in [-0.2, 0) is 19.2 Å². The van der Waals surface area contributed by atoms with Crippen molar-refractivity contribution in [2.45, 2.75) is 31.3 Å². The Balaban J connectivity index is 2.11. The highest BCUT2D eigenvalue weighted by Gasteiger charge is 2.32. The number of nitrogens with two attached hydrogens (primary N) is 2. The lowest BCUT2D eigenvalue weighted by atomic mass is 9.89. The van der Waals surface area contributed by atoms with Gasteiger partial charge in [-0.15, -0.1) is 0 Å². The number of aliphatic carboxylic acids is 2. The lowest BCUT2D eigenvalue weighted by molar-refractivity contribution is -0.141. The van der Waals surface area contributed by atoms with Crippen molar-refractivity contribution in [3.05, 3.63) is 65.2 Å². The number of amidine groups is 1. The van der Waals surface area contributed by atoms with E-state index >= 15 is 0 Å². The van der Waals surface area contributed by atoms with Gasteiger partial charge in [-0.25, -0.2) is 4.79 Å². The second kappa shape index (κ2) is 13.5. The fraction of sp³-hybridized carbons (Fsp3) is 0.280. The maximum atomic E-state index is 13.2. The average Bonchev–Trinajstić information content (AvgIpc) is 2.87.